The van der Waals surface area contributed by atoms with Crippen LogP contribution < -0.4 is 5.56 Å². The first-order valence-electron chi connectivity index (χ1n) is 8.43. The number of fused-ring (bicyclic) bond motifs is 1. The summed E-state index contributed by atoms with van der Waals surface area (Å²) >= 11 is 1.74. The Labute approximate surface area is 150 Å². The fourth-order valence-corrected chi connectivity index (χ4v) is 4.33. The summed E-state index contributed by atoms with van der Waals surface area (Å²) < 4.78 is 0. The number of aromatic amines is 1. The number of nitrogens with zero attached hydrogens (tertiary/aromatic N) is 3. The lowest BCUT2D eigenvalue weighted by atomic mass is 10.1. The van der Waals surface area contributed by atoms with E-state index in [9.17, 15) is 4.79 Å². The number of hydrogen-bond acceptors (Lipinski definition) is 5. The van der Waals surface area contributed by atoms with Gasteiger partial charge in [-0.2, -0.15) is 0 Å². The van der Waals surface area contributed by atoms with Gasteiger partial charge in [-0.25, -0.2) is 9.97 Å². The minimum absolute atomic E-state index is 0.00167. The van der Waals surface area contributed by atoms with Gasteiger partial charge in [-0.3, -0.25) is 9.69 Å². The molecule has 0 unspecified atom stereocenters. The minimum Gasteiger partial charge on any atom is -0.310 e. The summed E-state index contributed by atoms with van der Waals surface area (Å²) in [5.74, 6) is 0.697. The van der Waals surface area contributed by atoms with Crippen LogP contribution in [0.1, 0.15) is 27.7 Å². The molecule has 0 saturated carbocycles. The Morgan fingerprint density at radius 2 is 2.00 bits per heavy atom. The number of nitrogens with one attached hydrogen (secondary N) is 1. The molecular formula is C19H20N4OS. The van der Waals surface area contributed by atoms with Crippen LogP contribution in [-0.2, 0) is 19.5 Å². The molecule has 5 nitrogen and oxygen atoms in total. The molecule has 128 valence electrons. The summed E-state index contributed by atoms with van der Waals surface area (Å²) in [7, 11) is 0. The number of thiazole rings is 1. The summed E-state index contributed by atoms with van der Waals surface area (Å²) in [4.78, 5) is 27.8. The smallest absolute Gasteiger partial charge is 0.255 e. The zero-order chi connectivity index (χ0) is 17.4. The van der Waals surface area contributed by atoms with Gasteiger partial charge in [-0.15, -0.1) is 11.3 Å². The normalized spacial score (nSPS) is 14.5. The maximum atomic E-state index is 12.2. The molecule has 0 spiro atoms. The molecule has 2 aromatic heterocycles. The molecule has 3 heterocycles. The molecule has 1 N–H and O–H groups in total. The lowest BCUT2D eigenvalue weighted by molar-refractivity contribution is 0.243. The van der Waals surface area contributed by atoms with Crippen molar-refractivity contribution in [3.05, 3.63) is 68.3 Å². The summed E-state index contributed by atoms with van der Waals surface area (Å²) in [6, 6.07) is 10.3. The molecule has 4 rings (SSSR count). The monoisotopic (exact) mass is 352 g/mol. The van der Waals surface area contributed by atoms with Crippen LogP contribution in [0, 0.1) is 13.8 Å². The SMILES string of the molecule is Cc1nc2c(c(=O)[nH]1)CN(Cc1sc(-c3ccccc3)nc1C)CC2. The molecule has 25 heavy (non-hydrogen) atoms. The first-order chi connectivity index (χ1) is 12.1. The molecule has 0 saturated heterocycles. The average molecular weight is 352 g/mol. The second kappa shape index (κ2) is 6.54. The van der Waals surface area contributed by atoms with Crippen molar-refractivity contribution in [2.45, 2.75) is 33.4 Å². The van der Waals surface area contributed by atoms with Gasteiger partial charge in [0.05, 0.1) is 17.0 Å². The van der Waals surface area contributed by atoms with Gasteiger partial charge < -0.3 is 4.98 Å². The van der Waals surface area contributed by atoms with E-state index in [0.717, 1.165) is 47.0 Å². The third kappa shape index (κ3) is 3.27. The van der Waals surface area contributed by atoms with Gasteiger partial charge in [0.2, 0.25) is 0 Å². The van der Waals surface area contributed by atoms with E-state index in [1.54, 1.807) is 11.3 Å². The molecule has 0 aliphatic carbocycles. The molecule has 1 aliphatic rings. The Balaban J connectivity index is 1.56. The van der Waals surface area contributed by atoms with Gasteiger partial charge in [0.15, 0.2) is 0 Å². The highest BCUT2D eigenvalue weighted by Gasteiger charge is 2.22. The zero-order valence-electron chi connectivity index (χ0n) is 14.4. The van der Waals surface area contributed by atoms with Gasteiger partial charge in [0.1, 0.15) is 10.8 Å². The highest BCUT2D eigenvalue weighted by molar-refractivity contribution is 7.15. The van der Waals surface area contributed by atoms with Crippen LogP contribution >= 0.6 is 11.3 Å². The van der Waals surface area contributed by atoms with Crippen molar-refractivity contribution in [1.29, 1.82) is 0 Å². The highest BCUT2D eigenvalue weighted by atomic mass is 32.1. The van der Waals surface area contributed by atoms with E-state index in [-0.39, 0.29) is 5.56 Å². The quantitative estimate of drug-likeness (QED) is 0.787. The van der Waals surface area contributed by atoms with Crippen LogP contribution in [0.3, 0.4) is 0 Å². The van der Waals surface area contributed by atoms with E-state index >= 15 is 0 Å². The van der Waals surface area contributed by atoms with Crippen molar-refractivity contribution in [3.63, 3.8) is 0 Å². The van der Waals surface area contributed by atoms with Crippen LogP contribution in [0.4, 0.5) is 0 Å². The van der Waals surface area contributed by atoms with Crippen LogP contribution in [0.2, 0.25) is 0 Å². The van der Waals surface area contributed by atoms with E-state index in [0.29, 0.717) is 12.4 Å². The van der Waals surface area contributed by atoms with E-state index < -0.39 is 0 Å². The Morgan fingerprint density at radius 1 is 1.20 bits per heavy atom. The molecule has 1 aromatic carbocycles. The largest absolute Gasteiger partial charge is 0.310 e. The molecule has 0 radical (unpaired) electrons. The van der Waals surface area contributed by atoms with Crippen molar-refractivity contribution in [1.82, 2.24) is 19.9 Å². The fraction of sp³-hybridized carbons (Fsp3) is 0.316. The Bertz CT molecular complexity index is 961. The van der Waals surface area contributed by atoms with Gasteiger partial charge >= 0.3 is 0 Å². The van der Waals surface area contributed by atoms with Gasteiger partial charge in [-0.05, 0) is 13.8 Å². The number of hydrogen-bond donors (Lipinski definition) is 1. The molecule has 0 amide bonds. The standard InChI is InChI=1S/C19H20N4OS/c1-12-17(25-19(20-12)14-6-4-3-5-7-14)11-23-9-8-16-15(10-23)18(24)22-13(2)21-16/h3-7H,8-11H2,1-2H3,(H,21,22,24). The predicted octanol–water partition coefficient (Wildman–Crippen LogP) is 3.07. The topological polar surface area (TPSA) is 61.9 Å². The number of rotatable bonds is 3. The van der Waals surface area contributed by atoms with E-state index in [4.69, 9.17) is 4.98 Å². The van der Waals surface area contributed by atoms with E-state index in [1.165, 1.54) is 4.88 Å². The maximum absolute atomic E-state index is 12.2. The van der Waals surface area contributed by atoms with Crippen LogP contribution in [0.25, 0.3) is 10.6 Å². The molecule has 0 atom stereocenters. The van der Waals surface area contributed by atoms with Crippen molar-refractivity contribution in [3.8, 4) is 10.6 Å². The summed E-state index contributed by atoms with van der Waals surface area (Å²) in [6.45, 7) is 6.29. The third-order valence-electron chi connectivity index (χ3n) is 4.55. The molecule has 0 bridgehead atoms. The van der Waals surface area contributed by atoms with Gasteiger partial charge in [0, 0.05) is 36.5 Å². The Kier molecular flexibility index (Phi) is 4.23. The second-order valence-corrected chi connectivity index (χ2v) is 7.51. The zero-order valence-corrected chi connectivity index (χ0v) is 15.2. The minimum atomic E-state index is -0.00167. The van der Waals surface area contributed by atoms with Crippen LogP contribution in [-0.4, -0.2) is 26.4 Å². The maximum Gasteiger partial charge on any atom is 0.255 e. The number of benzene rings is 1. The molecule has 1 aliphatic heterocycles. The predicted molar refractivity (Wildman–Crippen MR) is 99.7 cm³/mol. The van der Waals surface area contributed by atoms with Crippen molar-refractivity contribution >= 4 is 11.3 Å². The fourth-order valence-electron chi connectivity index (χ4n) is 3.22. The third-order valence-corrected chi connectivity index (χ3v) is 5.74. The highest BCUT2D eigenvalue weighted by Crippen LogP contribution is 2.29. The van der Waals surface area contributed by atoms with Crippen molar-refractivity contribution < 1.29 is 0 Å². The Morgan fingerprint density at radius 3 is 2.80 bits per heavy atom. The summed E-state index contributed by atoms with van der Waals surface area (Å²) in [6.07, 6.45) is 0.823. The Hall–Kier alpha value is -2.31. The average Bonchev–Trinajstić information content (AvgIpc) is 2.97. The van der Waals surface area contributed by atoms with Crippen molar-refractivity contribution in [2.24, 2.45) is 0 Å². The van der Waals surface area contributed by atoms with E-state index in [1.807, 2.05) is 25.1 Å². The second-order valence-electron chi connectivity index (χ2n) is 6.43. The molecule has 6 heteroatoms. The van der Waals surface area contributed by atoms with E-state index in [2.05, 4.69) is 33.9 Å². The first kappa shape index (κ1) is 16.2. The number of aryl methyl sites for hydroxylation is 2. The van der Waals surface area contributed by atoms with Crippen LogP contribution in [0.15, 0.2) is 35.1 Å². The molecule has 3 aromatic rings. The summed E-state index contributed by atoms with van der Waals surface area (Å²) in [5, 5.41) is 1.06. The lowest BCUT2D eigenvalue weighted by Gasteiger charge is -2.27. The van der Waals surface area contributed by atoms with Gasteiger partial charge in [0.25, 0.3) is 5.56 Å². The molecule has 0 fully saturated rings. The lowest BCUT2D eigenvalue weighted by Crippen LogP contribution is -2.35. The number of aromatic nitrogens is 3. The number of H-pyrrole nitrogens is 1. The molecular weight excluding hydrogens is 332 g/mol. The first-order valence-corrected chi connectivity index (χ1v) is 9.24. The van der Waals surface area contributed by atoms with Crippen molar-refractivity contribution in [2.75, 3.05) is 6.54 Å². The summed E-state index contributed by atoms with van der Waals surface area (Å²) in [5.41, 5.74) is 3.98. The van der Waals surface area contributed by atoms with Gasteiger partial charge in [-0.1, -0.05) is 30.3 Å². The van der Waals surface area contributed by atoms with Crippen LogP contribution in [0.5, 0.6) is 0 Å².